The Morgan fingerprint density at radius 2 is 1.94 bits per heavy atom. The maximum absolute atomic E-state index is 13.2. The average molecular weight is 509 g/mol. The van der Waals surface area contributed by atoms with Gasteiger partial charge in [0.1, 0.15) is 17.5 Å². The number of carbonyl (C=O) groups is 2. The first-order valence-corrected chi connectivity index (χ1v) is 13.2. The summed E-state index contributed by atoms with van der Waals surface area (Å²) in [5.41, 5.74) is 0.0149. The molecule has 0 aliphatic carbocycles. The van der Waals surface area contributed by atoms with Crippen LogP contribution in [0.15, 0.2) is 11.0 Å². The fourth-order valence-corrected chi connectivity index (χ4v) is 5.30. The van der Waals surface area contributed by atoms with E-state index in [-0.39, 0.29) is 24.2 Å². The minimum atomic E-state index is -1.24. The molecule has 0 saturated carbocycles. The van der Waals surface area contributed by atoms with Crippen molar-refractivity contribution < 1.29 is 29.3 Å². The van der Waals surface area contributed by atoms with Crippen molar-refractivity contribution in [3.63, 3.8) is 0 Å². The molecule has 2 fully saturated rings. The highest BCUT2D eigenvalue weighted by molar-refractivity contribution is 7.09. The van der Waals surface area contributed by atoms with E-state index < -0.39 is 41.2 Å². The number of nitrogens with zero attached hydrogens (tertiary/aromatic N) is 1. The van der Waals surface area contributed by atoms with Gasteiger partial charge in [0.25, 0.3) is 0 Å². The molecule has 35 heavy (non-hydrogen) atoms. The third-order valence-electron chi connectivity index (χ3n) is 7.54. The van der Waals surface area contributed by atoms with Crippen molar-refractivity contribution >= 4 is 29.2 Å². The van der Waals surface area contributed by atoms with E-state index in [0.717, 1.165) is 16.3 Å². The first kappa shape index (κ1) is 27.9. The Morgan fingerprint density at radius 1 is 1.26 bits per heavy atom. The van der Waals surface area contributed by atoms with Crippen LogP contribution in [0, 0.1) is 24.2 Å². The summed E-state index contributed by atoms with van der Waals surface area (Å²) in [4.78, 5) is 30.6. The molecule has 1 aromatic heterocycles. The molecule has 0 amide bonds. The lowest BCUT2D eigenvalue weighted by molar-refractivity contribution is -0.154. The van der Waals surface area contributed by atoms with E-state index in [4.69, 9.17) is 9.47 Å². The molecule has 0 spiro atoms. The van der Waals surface area contributed by atoms with Crippen LogP contribution in [0.1, 0.15) is 65.1 Å². The van der Waals surface area contributed by atoms with E-state index in [1.807, 2.05) is 39.2 Å². The highest BCUT2D eigenvalue weighted by Crippen LogP contribution is 2.40. The Hall–Kier alpha value is -1.65. The topological polar surface area (TPSA) is 121 Å². The third-order valence-corrected chi connectivity index (χ3v) is 8.33. The second kappa shape index (κ2) is 10.8. The summed E-state index contributed by atoms with van der Waals surface area (Å²) in [7, 11) is 0. The number of rotatable bonds is 2. The fourth-order valence-electron chi connectivity index (χ4n) is 4.73. The summed E-state index contributed by atoms with van der Waals surface area (Å²) in [6.45, 7) is 13.7. The summed E-state index contributed by atoms with van der Waals surface area (Å²) in [6, 6.07) is 0. The number of thiazole rings is 1. The van der Waals surface area contributed by atoms with Gasteiger partial charge >= 0.3 is 5.97 Å². The van der Waals surface area contributed by atoms with Gasteiger partial charge in [0.15, 0.2) is 0 Å². The Kier molecular flexibility index (Phi) is 8.59. The van der Waals surface area contributed by atoms with Crippen LogP contribution in [0.4, 0.5) is 0 Å². The summed E-state index contributed by atoms with van der Waals surface area (Å²) in [5.74, 6) is -1.74. The van der Waals surface area contributed by atoms with Crippen LogP contribution >= 0.6 is 11.3 Å². The number of epoxide rings is 1. The van der Waals surface area contributed by atoms with Gasteiger partial charge in [-0.3, -0.25) is 9.59 Å². The van der Waals surface area contributed by atoms with Crippen LogP contribution in [0.5, 0.6) is 0 Å². The lowest BCUT2D eigenvalue weighted by atomic mass is 9.73. The van der Waals surface area contributed by atoms with E-state index in [2.05, 4.69) is 10.3 Å². The molecule has 3 N–H and O–H groups in total. The van der Waals surface area contributed by atoms with Crippen molar-refractivity contribution in [2.24, 2.45) is 17.3 Å². The second-order valence-corrected chi connectivity index (χ2v) is 12.1. The van der Waals surface area contributed by atoms with Crippen molar-refractivity contribution in [1.29, 1.82) is 0 Å². The van der Waals surface area contributed by atoms with Crippen molar-refractivity contribution in [2.45, 2.75) is 91.3 Å². The first-order chi connectivity index (χ1) is 16.2. The molecule has 7 atom stereocenters. The van der Waals surface area contributed by atoms with Gasteiger partial charge in [-0.15, -0.1) is 11.3 Å². The maximum Gasteiger partial charge on any atom is 0.309 e. The maximum atomic E-state index is 13.2. The third kappa shape index (κ3) is 6.57. The number of aromatic nitrogens is 1. The number of hydrogen-bond donors (Lipinski definition) is 3. The predicted octanol–water partition coefficient (Wildman–Crippen LogP) is 2.90. The first-order valence-electron chi connectivity index (χ1n) is 12.3. The van der Waals surface area contributed by atoms with Gasteiger partial charge < -0.3 is 25.0 Å². The number of nitrogens with one attached hydrogen (secondary N) is 1. The molecule has 8 nitrogen and oxygen atoms in total. The molecule has 0 radical (unpaired) electrons. The number of ether oxygens (including phenoxy) is 2. The molecule has 0 unspecified atom stereocenters. The highest BCUT2D eigenvalue weighted by atomic mass is 32.1. The fraction of sp³-hybridized carbons (Fsp3) is 0.731. The summed E-state index contributed by atoms with van der Waals surface area (Å²) in [6.07, 6.45) is -0.710. The number of Topliss-reactive ketones (excluding diaryl/α,β-unsaturated/α-hetero) is 1. The van der Waals surface area contributed by atoms with Crippen LogP contribution in [0.25, 0.3) is 6.08 Å². The smallest absolute Gasteiger partial charge is 0.309 e. The van der Waals surface area contributed by atoms with Crippen molar-refractivity contribution in [1.82, 2.24) is 10.3 Å². The zero-order valence-electron chi connectivity index (χ0n) is 21.8. The molecule has 3 rings (SSSR count). The van der Waals surface area contributed by atoms with Gasteiger partial charge in [0, 0.05) is 30.8 Å². The van der Waals surface area contributed by atoms with Crippen LogP contribution in [0.2, 0.25) is 0 Å². The van der Waals surface area contributed by atoms with Crippen LogP contribution in [0.3, 0.4) is 0 Å². The Balaban J connectivity index is 1.85. The van der Waals surface area contributed by atoms with Crippen LogP contribution in [-0.2, 0) is 19.1 Å². The molecule has 2 saturated heterocycles. The van der Waals surface area contributed by atoms with E-state index in [0.29, 0.717) is 19.5 Å². The van der Waals surface area contributed by atoms with Gasteiger partial charge in [-0.05, 0) is 38.3 Å². The van der Waals surface area contributed by atoms with Crippen molar-refractivity contribution in [2.75, 3.05) is 13.1 Å². The van der Waals surface area contributed by atoms with E-state index in [9.17, 15) is 19.8 Å². The number of carbonyl (C=O) groups excluding carboxylic acids is 2. The molecule has 3 heterocycles. The highest BCUT2D eigenvalue weighted by Gasteiger charge is 2.53. The molecule has 196 valence electrons. The minimum Gasteiger partial charge on any atom is -0.458 e. The monoisotopic (exact) mass is 508 g/mol. The van der Waals surface area contributed by atoms with Gasteiger partial charge in [0.05, 0.1) is 40.8 Å². The van der Waals surface area contributed by atoms with Crippen molar-refractivity contribution in [3.05, 3.63) is 21.7 Å². The van der Waals surface area contributed by atoms with Crippen LogP contribution in [-0.4, -0.2) is 70.1 Å². The number of hydrogen-bond acceptors (Lipinski definition) is 9. The zero-order valence-corrected chi connectivity index (χ0v) is 22.6. The Morgan fingerprint density at radius 3 is 2.57 bits per heavy atom. The second-order valence-electron chi connectivity index (χ2n) is 11.0. The Bertz CT molecular complexity index is 959. The number of esters is 1. The van der Waals surface area contributed by atoms with Gasteiger partial charge in [0.2, 0.25) is 0 Å². The van der Waals surface area contributed by atoms with E-state index in [1.165, 1.54) is 0 Å². The molecule has 0 bridgehead atoms. The molecule has 1 aromatic rings. The van der Waals surface area contributed by atoms with Crippen molar-refractivity contribution in [3.8, 4) is 0 Å². The van der Waals surface area contributed by atoms with Crippen LogP contribution < -0.4 is 5.32 Å². The number of aliphatic hydroxyl groups is 2. The molecule has 2 aliphatic heterocycles. The Labute approximate surface area is 212 Å². The minimum absolute atomic E-state index is 0.108. The number of cyclic esters (lactones) is 1. The molecular weight excluding hydrogens is 468 g/mol. The standard InChI is InChI=1S/C26H40N2O6S/c1-14(8-18-12-35-17(4)28-18)19-9-21-26(7,34-21)13-27-11-15(2)23(31)16(3)24(32)25(5,6)20(29)10-22(30)33-19/h8,12,15-16,19-21,23,27,29,31H,9-11,13H2,1-7H3/b14-8+/t15-,16+,19-,20-,21-,23-,26+/m0/s1. The normalized spacial score (nSPS) is 37.5. The number of fused-ring (bicyclic) bond motifs is 1. The van der Waals surface area contributed by atoms with Gasteiger partial charge in [-0.1, -0.05) is 27.7 Å². The number of aryl methyl sites for hydroxylation is 1. The van der Waals surface area contributed by atoms with Gasteiger partial charge in [-0.2, -0.15) is 0 Å². The van der Waals surface area contributed by atoms with E-state index in [1.54, 1.807) is 32.1 Å². The average Bonchev–Trinajstić information content (AvgIpc) is 3.22. The number of aliphatic hydroxyl groups excluding tert-OH is 2. The quantitative estimate of drug-likeness (QED) is 0.412. The lowest BCUT2D eigenvalue weighted by Crippen LogP contribution is -2.47. The largest absolute Gasteiger partial charge is 0.458 e. The summed E-state index contributed by atoms with van der Waals surface area (Å²) < 4.78 is 11.8. The molecule has 0 aromatic carbocycles. The molecule has 9 heteroatoms. The summed E-state index contributed by atoms with van der Waals surface area (Å²) in [5, 5.41) is 27.9. The molecule has 2 aliphatic rings. The molecular formula is C26H40N2O6S. The van der Waals surface area contributed by atoms with Gasteiger partial charge in [-0.25, -0.2) is 4.98 Å². The predicted molar refractivity (Wildman–Crippen MR) is 135 cm³/mol. The van der Waals surface area contributed by atoms with E-state index >= 15 is 0 Å². The number of ketones is 1. The summed E-state index contributed by atoms with van der Waals surface area (Å²) >= 11 is 1.55. The zero-order chi connectivity index (χ0) is 26.1. The SMILES string of the molecule is C/C(=C\c1csc(C)n1)[C@@H]1C[C@@H]2O[C@]2(C)CNC[C@H](C)[C@H](O)[C@@H](C)C(=O)C(C)(C)[C@@H](O)CC(=O)O1. The lowest BCUT2D eigenvalue weighted by Gasteiger charge is -2.34.